The zero-order valence-electron chi connectivity index (χ0n) is 14.0. The van der Waals surface area contributed by atoms with Crippen LogP contribution in [-0.2, 0) is 11.3 Å². The van der Waals surface area contributed by atoms with Crippen molar-refractivity contribution in [1.82, 2.24) is 9.80 Å². The highest BCUT2D eigenvalue weighted by atomic mass is 35.5. The van der Waals surface area contributed by atoms with Crippen LogP contribution in [0, 0.1) is 0 Å². The Hall–Kier alpha value is -0.720. The van der Waals surface area contributed by atoms with Gasteiger partial charge in [-0.25, -0.2) is 0 Å². The molecule has 1 aliphatic heterocycles. The van der Waals surface area contributed by atoms with Gasteiger partial charge < -0.3 is 15.4 Å². The molecule has 2 rings (SSSR count). The van der Waals surface area contributed by atoms with Gasteiger partial charge in [-0.15, -0.1) is 24.8 Å². The quantitative estimate of drug-likeness (QED) is 0.828. The number of amides is 1. The third-order valence-electron chi connectivity index (χ3n) is 4.08. The third-order valence-corrected chi connectivity index (χ3v) is 4.31. The van der Waals surface area contributed by atoms with Gasteiger partial charge in [0, 0.05) is 43.3 Å². The second-order valence-electron chi connectivity index (χ2n) is 5.57. The summed E-state index contributed by atoms with van der Waals surface area (Å²) >= 11 is 6.07. The molecule has 24 heavy (non-hydrogen) atoms. The Morgan fingerprint density at radius 1 is 1.29 bits per heavy atom. The maximum atomic E-state index is 12.1. The lowest BCUT2D eigenvalue weighted by Crippen LogP contribution is -2.52. The summed E-state index contributed by atoms with van der Waals surface area (Å²) in [6, 6.07) is 5.27. The number of nitrogens with zero attached hydrogens (tertiary/aromatic N) is 2. The number of rotatable bonds is 5. The molecule has 8 heteroatoms. The molecular weight excluding hydrogens is 373 g/mol. The number of nitrogens with two attached hydrogens (primary N) is 1. The first kappa shape index (κ1) is 23.3. The van der Waals surface area contributed by atoms with Crippen molar-refractivity contribution in [3.05, 3.63) is 28.8 Å². The van der Waals surface area contributed by atoms with E-state index in [1.165, 1.54) is 0 Å². The Balaban J connectivity index is 0.00000264. The Morgan fingerprint density at radius 2 is 1.92 bits per heavy atom. The molecule has 2 N–H and O–H groups in total. The molecule has 138 valence electrons. The van der Waals surface area contributed by atoms with Crippen LogP contribution in [0.15, 0.2) is 18.2 Å². The normalized spacial score (nSPS) is 15.9. The highest BCUT2D eigenvalue weighted by Crippen LogP contribution is 2.24. The third kappa shape index (κ3) is 5.97. The Labute approximate surface area is 161 Å². The summed E-state index contributed by atoms with van der Waals surface area (Å²) in [5.74, 6) is 0.901. The summed E-state index contributed by atoms with van der Waals surface area (Å²) in [6.07, 6.45) is 0.679. The van der Waals surface area contributed by atoms with Gasteiger partial charge in [-0.1, -0.05) is 18.5 Å². The molecule has 1 heterocycles. The second-order valence-corrected chi connectivity index (χ2v) is 6.01. The predicted molar refractivity (Wildman–Crippen MR) is 103 cm³/mol. The number of hydrogen-bond donors (Lipinski definition) is 1. The summed E-state index contributed by atoms with van der Waals surface area (Å²) in [7, 11) is 1.66. The van der Waals surface area contributed by atoms with Crippen molar-refractivity contribution >= 4 is 42.3 Å². The maximum absolute atomic E-state index is 12.1. The SMILES string of the molecule is CC[C@H](N)C(=O)N1CCN(Cc2cc(Cl)ccc2OC)CC1.Cl.Cl. The topological polar surface area (TPSA) is 58.8 Å². The highest BCUT2D eigenvalue weighted by Gasteiger charge is 2.24. The van der Waals surface area contributed by atoms with Crippen molar-refractivity contribution in [2.24, 2.45) is 5.73 Å². The van der Waals surface area contributed by atoms with Gasteiger partial charge >= 0.3 is 0 Å². The first-order valence-corrected chi connectivity index (χ1v) is 8.02. The number of methoxy groups -OCH3 is 1. The van der Waals surface area contributed by atoms with E-state index in [4.69, 9.17) is 22.1 Å². The molecule has 0 aromatic heterocycles. The van der Waals surface area contributed by atoms with Gasteiger partial charge in [-0.2, -0.15) is 0 Å². The Kier molecular flexibility index (Phi) is 10.7. The average Bonchev–Trinajstić information content (AvgIpc) is 2.54. The van der Waals surface area contributed by atoms with Gasteiger partial charge in [-0.3, -0.25) is 9.69 Å². The smallest absolute Gasteiger partial charge is 0.239 e. The van der Waals surface area contributed by atoms with Crippen LogP contribution in [0.3, 0.4) is 0 Å². The average molecular weight is 399 g/mol. The van der Waals surface area contributed by atoms with Gasteiger partial charge in [0.15, 0.2) is 0 Å². The molecule has 0 spiro atoms. The molecule has 0 saturated carbocycles. The Morgan fingerprint density at radius 3 is 2.46 bits per heavy atom. The van der Waals surface area contributed by atoms with Crippen molar-refractivity contribution in [3.63, 3.8) is 0 Å². The van der Waals surface area contributed by atoms with Crippen molar-refractivity contribution < 1.29 is 9.53 Å². The van der Waals surface area contributed by atoms with E-state index in [-0.39, 0.29) is 36.8 Å². The summed E-state index contributed by atoms with van der Waals surface area (Å²) in [4.78, 5) is 16.2. The number of piperazine rings is 1. The standard InChI is InChI=1S/C16H24ClN3O2.2ClH/c1-3-14(18)16(21)20-8-6-19(7-9-20)11-12-10-13(17)4-5-15(12)22-2;;/h4-5,10,14H,3,6-9,11,18H2,1-2H3;2*1H/t14-;;/m0../s1. The minimum absolute atomic E-state index is 0. The Bertz CT molecular complexity index is 523. The predicted octanol–water partition coefficient (Wildman–Crippen LogP) is 2.57. The zero-order chi connectivity index (χ0) is 16.1. The molecule has 1 amide bonds. The lowest BCUT2D eigenvalue weighted by atomic mass is 10.1. The van der Waals surface area contributed by atoms with Gasteiger partial charge in [0.2, 0.25) is 5.91 Å². The fourth-order valence-corrected chi connectivity index (χ4v) is 2.84. The van der Waals surface area contributed by atoms with Crippen LogP contribution in [0.4, 0.5) is 0 Å². The lowest BCUT2D eigenvalue weighted by Gasteiger charge is -2.36. The molecule has 0 unspecified atom stereocenters. The molecule has 5 nitrogen and oxygen atoms in total. The molecule has 1 atom stereocenters. The van der Waals surface area contributed by atoms with Crippen LogP contribution < -0.4 is 10.5 Å². The molecular formula is C16H26Cl3N3O2. The molecule has 0 radical (unpaired) electrons. The van der Waals surface area contributed by atoms with Crippen LogP contribution >= 0.6 is 36.4 Å². The summed E-state index contributed by atoms with van der Waals surface area (Å²) < 4.78 is 5.38. The van der Waals surface area contributed by atoms with E-state index in [0.717, 1.165) is 44.0 Å². The number of benzene rings is 1. The fraction of sp³-hybridized carbons (Fsp3) is 0.562. The van der Waals surface area contributed by atoms with Crippen LogP contribution in [-0.4, -0.2) is 55.0 Å². The second kappa shape index (κ2) is 11.0. The van der Waals surface area contributed by atoms with Crippen molar-refractivity contribution in [2.45, 2.75) is 25.9 Å². The van der Waals surface area contributed by atoms with Crippen LogP contribution in [0.5, 0.6) is 5.75 Å². The number of carbonyl (C=O) groups excluding carboxylic acids is 1. The van der Waals surface area contributed by atoms with E-state index in [1.54, 1.807) is 7.11 Å². The molecule has 1 fully saturated rings. The van der Waals surface area contributed by atoms with Gasteiger partial charge in [0.05, 0.1) is 13.2 Å². The van der Waals surface area contributed by atoms with E-state index in [9.17, 15) is 4.79 Å². The van der Waals surface area contributed by atoms with Crippen molar-refractivity contribution in [3.8, 4) is 5.75 Å². The van der Waals surface area contributed by atoms with Crippen LogP contribution in [0.25, 0.3) is 0 Å². The molecule has 1 aromatic rings. The first-order chi connectivity index (χ1) is 10.5. The summed E-state index contributed by atoms with van der Waals surface area (Å²) in [5.41, 5.74) is 6.89. The summed E-state index contributed by atoms with van der Waals surface area (Å²) in [6.45, 7) is 5.80. The largest absolute Gasteiger partial charge is 0.496 e. The van der Waals surface area contributed by atoms with Gasteiger partial charge in [0.1, 0.15) is 5.75 Å². The number of carbonyl (C=O) groups is 1. The highest BCUT2D eigenvalue weighted by molar-refractivity contribution is 6.30. The molecule has 1 saturated heterocycles. The fourth-order valence-electron chi connectivity index (χ4n) is 2.65. The molecule has 0 bridgehead atoms. The first-order valence-electron chi connectivity index (χ1n) is 7.64. The summed E-state index contributed by atoms with van der Waals surface area (Å²) in [5, 5.41) is 0.707. The van der Waals surface area contributed by atoms with Crippen LogP contribution in [0.2, 0.25) is 5.02 Å². The van der Waals surface area contributed by atoms with Crippen molar-refractivity contribution in [2.75, 3.05) is 33.3 Å². The van der Waals surface area contributed by atoms with Crippen molar-refractivity contribution in [1.29, 1.82) is 0 Å². The zero-order valence-corrected chi connectivity index (χ0v) is 16.4. The van der Waals surface area contributed by atoms with E-state index in [1.807, 2.05) is 30.0 Å². The number of hydrogen-bond acceptors (Lipinski definition) is 4. The molecule has 1 aromatic carbocycles. The van der Waals surface area contributed by atoms with E-state index in [2.05, 4.69) is 4.90 Å². The van der Waals surface area contributed by atoms with Gasteiger partial charge in [-0.05, 0) is 24.6 Å². The minimum Gasteiger partial charge on any atom is -0.496 e. The van der Waals surface area contributed by atoms with E-state index >= 15 is 0 Å². The van der Waals surface area contributed by atoms with Crippen LogP contribution in [0.1, 0.15) is 18.9 Å². The monoisotopic (exact) mass is 397 g/mol. The van der Waals surface area contributed by atoms with E-state index < -0.39 is 0 Å². The lowest BCUT2D eigenvalue weighted by molar-refractivity contribution is -0.134. The maximum Gasteiger partial charge on any atom is 0.239 e. The van der Waals surface area contributed by atoms with Gasteiger partial charge in [0.25, 0.3) is 0 Å². The molecule has 1 aliphatic rings. The van der Waals surface area contributed by atoms with E-state index in [0.29, 0.717) is 11.4 Å². The minimum atomic E-state index is -0.375. The number of ether oxygens (including phenoxy) is 1. The molecule has 0 aliphatic carbocycles. The number of halogens is 3.